The molecule has 3 aromatic rings. The Bertz CT molecular complexity index is 920. The van der Waals surface area contributed by atoms with E-state index in [2.05, 4.69) is 15.5 Å². The summed E-state index contributed by atoms with van der Waals surface area (Å²) in [5.41, 5.74) is 2.57. The van der Waals surface area contributed by atoms with Crippen molar-refractivity contribution in [2.75, 3.05) is 26.6 Å². The number of hydrogen-bond acceptors (Lipinski definition) is 6. The molecule has 0 aliphatic heterocycles. The topological polar surface area (TPSA) is 82.6 Å². The zero-order valence-corrected chi connectivity index (χ0v) is 15.2. The Labute approximate surface area is 156 Å². The average molecular weight is 365 g/mol. The molecule has 1 aromatic heterocycles. The maximum Gasteiger partial charge on any atom is 0.255 e. The van der Waals surface area contributed by atoms with Crippen LogP contribution in [0, 0.1) is 0 Å². The van der Waals surface area contributed by atoms with Gasteiger partial charge in [-0.3, -0.25) is 4.79 Å². The maximum atomic E-state index is 12.6. The van der Waals surface area contributed by atoms with Crippen LogP contribution in [0.1, 0.15) is 10.4 Å². The first kappa shape index (κ1) is 18.2. The van der Waals surface area contributed by atoms with Gasteiger partial charge in [0.1, 0.15) is 11.5 Å². The summed E-state index contributed by atoms with van der Waals surface area (Å²) < 4.78 is 15.4. The molecular weight excluding hydrogens is 346 g/mol. The number of benzene rings is 2. The molecule has 0 aliphatic carbocycles. The molecule has 1 N–H and O–H groups in total. The Balaban J connectivity index is 1.82. The van der Waals surface area contributed by atoms with Gasteiger partial charge in [0.15, 0.2) is 0 Å². The SMILES string of the molecule is COc1cc(OC)cc(C(=O)Nc2cccc(-c3ccc(OC)nn3)c2)c1. The van der Waals surface area contributed by atoms with Crippen LogP contribution in [0.15, 0.2) is 54.6 Å². The second-order valence-corrected chi connectivity index (χ2v) is 5.60. The molecule has 7 heteroatoms. The molecule has 0 aliphatic rings. The van der Waals surface area contributed by atoms with Crippen LogP contribution in [-0.4, -0.2) is 37.4 Å². The van der Waals surface area contributed by atoms with Crippen molar-refractivity contribution in [3.63, 3.8) is 0 Å². The van der Waals surface area contributed by atoms with Gasteiger partial charge in [-0.15, -0.1) is 10.2 Å². The van der Waals surface area contributed by atoms with Gasteiger partial charge in [-0.2, -0.15) is 0 Å². The van der Waals surface area contributed by atoms with Crippen LogP contribution in [0.25, 0.3) is 11.3 Å². The highest BCUT2D eigenvalue weighted by atomic mass is 16.5. The van der Waals surface area contributed by atoms with Gasteiger partial charge in [0.25, 0.3) is 5.91 Å². The number of carbonyl (C=O) groups excluding carboxylic acids is 1. The van der Waals surface area contributed by atoms with Crippen LogP contribution in [0.4, 0.5) is 5.69 Å². The van der Waals surface area contributed by atoms with Gasteiger partial charge in [-0.25, -0.2) is 0 Å². The zero-order valence-electron chi connectivity index (χ0n) is 15.2. The van der Waals surface area contributed by atoms with Gasteiger partial charge >= 0.3 is 0 Å². The first-order valence-corrected chi connectivity index (χ1v) is 8.15. The quantitative estimate of drug-likeness (QED) is 0.721. The van der Waals surface area contributed by atoms with E-state index >= 15 is 0 Å². The van der Waals surface area contributed by atoms with Gasteiger partial charge in [0.05, 0.1) is 27.0 Å². The summed E-state index contributed by atoms with van der Waals surface area (Å²) in [5.74, 6) is 1.25. The fourth-order valence-electron chi connectivity index (χ4n) is 2.48. The molecule has 0 spiro atoms. The molecule has 0 radical (unpaired) electrons. The number of aromatic nitrogens is 2. The molecule has 0 saturated heterocycles. The molecule has 7 nitrogen and oxygen atoms in total. The van der Waals surface area contributed by atoms with Gasteiger partial charge in [-0.05, 0) is 30.3 Å². The van der Waals surface area contributed by atoms with E-state index in [1.165, 1.54) is 21.3 Å². The smallest absolute Gasteiger partial charge is 0.255 e. The second-order valence-electron chi connectivity index (χ2n) is 5.60. The third kappa shape index (κ3) is 4.33. The van der Waals surface area contributed by atoms with E-state index in [1.807, 2.05) is 18.2 Å². The number of amides is 1. The third-order valence-corrected chi connectivity index (χ3v) is 3.88. The average Bonchev–Trinajstić information content (AvgIpc) is 2.73. The van der Waals surface area contributed by atoms with Crippen molar-refractivity contribution in [1.82, 2.24) is 10.2 Å². The van der Waals surface area contributed by atoms with E-state index in [0.29, 0.717) is 34.3 Å². The summed E-state index contributed by atoms with van der Waals surface area (Å²) in [6.07, 6.45) is 0. The number of methoxy groups -OCH3 is 3. The normalized spacial score (nSPS) is 10.2. The van der Waals surface area contributed by atoms with Crippen LogP contribution in [0.2, 0.25) is 0 Å². The molecule has 0 unspecified atom stereocenters. The number of nitrogens with zero attached hydrogens (tertiary/aromatic N) is 2. The summed E-state index contributed by atoms with van der Waals surface area (Å²) in [5, 5.41) is 11.0. The van der Waals surface area contributed by atoms with Crippen molar-refractivity contribution in [3.8, 4) is 28.6 Å². The Morgan fingerprint density at radius 2 is 1.59 bits per heavy atom. The fourth-order valence-corrected chi connectivity index (χ4v) is 2.48. The Kier molecular flexibility index (Phi) is 5.51. The first-order valence-electron chi connectivity index (χ1n) is 8.15. The molecule has 1 heterocycles. The summed E-state index contributed by atoms with van der Waals surface area (Å²) in [6, 6.07) is 15.9. The van der Waals surface area contributed by atoms with E-state index in [1.54, 1.807) is 36.4 Å². The highest BCUT2D eigenvalue weighted by Gasteiger charge is 2.11. The molecule has 138 valence electrons. The highest BCUT2D eigenvalue weighted by Crippen LogP contribution is 2.25. The van der Waals surface area contributed by atoms with Crippen molar-refractivity contribution in [1.29, 1.82) is 0 Å². The predicted molar refractivity (Wildman–Crippen MR) is 102 cm³/mol. The van der Waals surface area contributed by atoms with Crippen molar-refractivity contribution in [3.05, 3.63) is 60.2 Å². The number of hydrogen-bond donors (Lipinski definition) is 1. The molecule has 2 aromatic carbocycles. The largest absolute Gasteiger partial charge is 0.497 e. The molecule has 1 amide bonds. The van der Waals surface area contributed by atoms with E-state index in [-0.39, 0.29) is 5.91 Å². The van der Waals surface area contributed by atoms with Crippen molar-refractivity contribution < 1.29 is 19.0 Å². The molecule has 0 bridgehead atoms. The van der Waals surface area contributed by atoms with Gasteiger partial charge < -0.3 is 19.5 Å². The Morgan fingerprint density at radius 3 is 2.19 bits per heavy atom. The standard InChI is InChI=1S/C20H19N3O4/c1-25-16-10-14(11-17(12-16)26-2)20(24)21-15-6-4-5-13(9-15)18-7-8-19(27-3)23-22-18/h4-12H,1-3H3,(H,21,24). The predicted octanol–water partition coefficient (Wildman–Crippen LogP) is 3.42. The number of nitrogens with one attached hydrogen (secondary N) is 1. The van der Waals surface area contributed by atoms with Crippen molar-refractivity contribution in [2.24, 2.45) is 0 Å². The van der Waals surface area contributed by atoms with Gasteiger partial charge in [-0.1, -0.05) is 12.1 Å². The lowest BCUT2D eigenvalue weighted by Gasteiger charge is -2.10. The minimum absolute atomic E-state index is 0.273. The van der Waals surface area contributed by atoms with Crippen LogP contribution in [0.3, 0.4) is 0 Å². The fraction of sp³-hybridized carbons (Fsp3) is 0.150. The number of anilines is 1. The summed E-state index contributed by atoms with van der Waals surface area (Å²) in [4.78, 5) is 12.6. The van der Waals surface area contributed by atoms with Crippen LogP contribution < -0.4 is 19.5 Å². The van der Waals surface area contributed by atoms with Crippen molar-refractivity contribution >= 4 is 11.6 Å². The van der Waals surface area contributed by atoms with Crippen molar-refractivity contribution in [2.45, 2.75) is 0 Å². The first-order chi connectivity index (χ1) is 13.1. The maximum absolute atomic E-state index is 12.6. The van der Waals surface area contributed by atoms with E-state index in [4.69, 9.17) is 14.2 Å². The highest BCUT2D eigenvalue weighted by molar-refractivity contribution is 6.05. The summed E-state index contributed by atoms with van der Waals surface area (Å²) >= 11 is 0. The van der Waals surface area contributed by atoms with Gasteiger partial charge in [0, 0.05) is 28.9 Å². The molecule has 0 saturated carbocycles. The molecule has 0 fully saturated rings. The lowest BCUT2D eigenvalue weighted by atomic mass is 10.1. The monoisotopic (exact) mass is 365 g/mol. The van der Waals surface area contributed by atoms with Gasteiger partial charge in [0.2, 0.25) is 5.88 Å². The summed E-state index contributed by atoms with van der Waals surface area (Å²) in [7, 11) is 4.61. The van der Waals surface area contributed by atoms with Crippen LogP contribution >= 0.6 is 0 Å². The second kappa shape index (κ2) is 8.18. The van der Waals surface area contributed by atoms with E-state index in [0.717, 1.165) is 5.56 Å². The number of rotatable bonds is 6. The van der Waals surface area contributed by atoms with Crippen LogP contribution in [-0.2, 0) is 0 Å². The Morgan fingerprint density at radius 1 is 0.852 bits per heavy atom. The molecular formula is C20H19N3O4. The minimum Gasteiger partial charge on any atom is -0.497 e. The molecule has 27 heavy (non-hydrogen) atoms. The van der Waals surface area contributed by atoms with Crippen LogP contribution in [0.5, 0.6) is 17.4 Å². The number of ether oxygens (including phenoxy) is 3. The van der Waals surface area contributed by atoms with E-state index < -0.39 is 0 Å². The Hall–Kier alpha value is -3.61. The summed E-state index contributed by atoms with van der Waals surface area (Å²) in [6.45, 7) is 0. The molecule has 0 atom stereocenters. The molecule has 3 rings (SSSR count). The zero-order chi connectivity index (χ0) is 19.2. The van der Waals surface area contributed by atoms with E-state index in [9.17, 15) is 4.79 Å². The third-order valence-electron chi connectivity index (χ3n) is 3.88. The minimum atomic E-state index is -0.273. The lowest BCUT2D eigenvalue weighted by molar-refractivity contribution is 0.102. The number of carbonyl (C=O) groups is 1. The lowest BCUT2D eigenvalue weighted by Crippen LogP contribution is -2.12.